The smallest absolute Gasteiger partial charge is 0.234 e. The first-order valence-electron chi connectivity index (χ1n) is 7.98. The van der Waals surface area contributed by atoms with Gasteiger partial charge >= 0.3 is 0 Å². The Morgan fingerprint density at radius 3 is 2.36 bits per heavy atom. The number of ether oxygens (including phenoxy) is 1. The first kappa shape index (κ1) is 16.8. The number of amides is 1. The fraction of sp³-hybridized carbons (Fsp3) is 0.588. The summed E-state index contributed by atoms with van der Waals surface area (Å²) in [7, 11) is 1.71. The van der Waals surface area contributed by atoms with E-state index in [0.717, 1.165) is 38.3 Å². The zero-order chi connectivity index (χ0) is 16.1. The van der Waals surface area contributed by atoms with Gasteiger partial charge in [0, 0.05) is 37.8 Å². The molecule has 0 spiro atoms. The van der Waals surface area contributed by atoms with Crippen LogP contribution in [-0.4, -0.2) is 55.0 Å². The minimum absolute atomic E-state index is 0.135. The lowest BCUT2D eigenvalue weighted by Gasteiger charge is -2.40. The Hall–Kier alpha value is -1.59. The molecule has 1 heterocycles. The topological polar surface area (TPSA) is 58.8 Å². The molecule has 1 aromatic rings. The highest BCUT2D eigenvalue weighted by atomic mass is 16.5. The first-order valence-corrected chi connectivity index (χ1v) is 7.98. The highest BCUT2D eigenvalue weighted by Gasteiger charge is 2.28. The van der Waals surface area contributed by atoms with Gasteiger partial charge < -0.3 is 10.5 Å². The normalized spacial score (nSPS) is 19.6. The van der Waals surface area contributed by atoms with Crippen LogP contribution in [0.25, 0.3) is 0 Å². The van der Waals surface area contributed by atoms with Crippen LogP contribution in [0.4, 0.5) is 0 Å². The lowest BCUT2D eigenvalue weighted by atomic mass is 10.0. The molecule has 0 saturated carbocycles. The molecule has 2 rings (SSSR count). The zero-order valence-corrected chi connectivity index (χ0v) is 13.8. The second kappa shape index (κ2) is 7.61. The Bertz CT molecular complexity index is 498. The Balaban J connectivity index is 2.00. The van der Waals surface area contributed by atoms with Crippen molar-refractivity contribution in [3.63, 3.8) is 0 Å². The third kappa shape index (κ3) is 3.59. The third-order valence-corrected chi connectivity index (χ3v) is 4.64. The molecule has 122 valence electrons. The summed E-state index contributed by atoms with van der Waals surface area (Å²) in [5.41, 5.74) is 6.70. The van der Waals surface area contributed by atoms with Crippen molar-refractivity contribution in [2.45, 2.75) is 32.4 Å². The van der Waals surface area contributed by atoms with Crippen molar-refractivity contribution in [2.75, 3.05) is 33.3 Å². The molecule has 5 nitrogen and oxygen atoms in total. The monoisotopic (exact) mass is 305 g/mol. The van der Waals surface area contributed by atoms with Crippen molar-refractivity contribution in [3.05, 3.63) is 29.8 Å². The van der Waals surface area contributed by atoms with Crippen molar-refractivity contribution >= 4 is 5.91 Å². The summed E-state index contributed by atoms with van der Waals surface area (Å²) in [6.45, 7) is 7.84. The molecule has 5 heteroatoms. The third-order valence-electron chi connectivity index (χ3n) is 4.64. The quantitative estimate of drug-likeness (QED) is 0.868. The zero-order valence-electron chi connectivity index (χ0n) is 13.8. The van der Waals surface area contributed by atoms with Gasteiger partial charge in [-0.2, -0.15) is 0 Å². The second-order valence-electron chi connectivity index (χ2n) is 5.82. The number of nitrogens with two attached hydrogens (primary N) is 1. The molecule has 1 aliphatic rings. The summed E-state index contributed by atoms with van der Waals surface area (Å²) in [4.78, 5) is 16.1. The lowest BCUT2D eigenvalue weighted by molar-refractivity contribution is -0.124. The number of hydrogen-bond acceptors (Lipinski definition) is 4. The van der Waals surface area contributed by atoms with Crippen LogP contribution in [0.5, 0.6) is 5.75 Å². The number of hydrogen-bond donors (Lipinski definition) is 1. The predicted molar refractivity (Wildman–Crippen MR) is 87.8 cm³/mol. The second-order valence-corrected chi connectivity index (χ2v) is 5.82. The van der Waals surface area contributed by atoms with E-state index >= 15 is 0 Å². The van der Waals surface area contributed by atoms with E-state index in [1.807, 2.05) is 25.1 Å². The van der Waals surface area contributed by atoms with Crippen LogP contribution >= 0.6 is 0 Å². The molecule has 2 atom stereocenters. The molecule has 1 aromatic carbocycles. The van der Waals surface area contributed by atoms with Crippen LogP contribution in [0, 0.1) is 0 Å². The number of carbonyl (C=O) groups is 1. The van der Waals surface area contributed by atoms with Crippen molar-refractivity contribution in [1.29, 1.82) is 0 Å². The van der Waals surface area contributed by atoms with Gasteiger partial charge in [-0.3, -0.25) is 14.6 Å². The van der Waals surface area contributed by atoms with E-state index in [-0.39, 0.29) is 11.9 Å². The van der Waals surface area contributed by atoms with E-state index in [1.165, 1.54) is 5.56 Å². The summed E-state index contributed by atoms with van der Waals surface area (Å²) in [5.74, 6) is 0.717. The van der Waals surface area contributed by atoms with E-state index in [2.05, 4.69) is 22.8 Å². The molecule has 1 saturated heterocycles. The number of para-hydroxylation sites is 1. The number of piperazine rings is 1. The molecule has 1 amide bonds. The minimum atomic E-state index is -0.214. The van der Waals surface area contributed by atoms with E-state index in [1.54, 1.807) is 7.11 Å². The Morgan fingerprint density at radius 2 is 1.82 bits per heavy atom. The molecule has 22 heavy (non-hydrogen) atoms. The summed E-state index contributed by atoms with van der Waals surface area (Å²) in [5, 5.41) is 0. The van der Waals surface area contributed by atoms with Gasteiger partial charge in [-0.15, -0.1) is 0 Å². The maximum Gasteiger partial charge on any atom is 0.234 e. The maximum absolute atomic E-state index is 11.5. The summed E-state index contributed by atoms with van der Waals surface area (Å²) in [6.07, 6.45) is 0.775. The van der Waals surface area contributed by atoms with Gasteiger partial charge in [0.25, 0.3) is 0 Å². The Morgan fingerprint density at radius 1 is 1.23 bits per heavy atom. The van der Waals surface area contributed by atoms with Gasteiger partial charge in [0.05, 0.1) is 13.2 Å². The largest absolute Gasteiger partial charge is 0.496 e. The average molecular weight is 305 g/mol. The fourth-order valence-corrected chi connectivity index (χ4v) is 3.28. The van der Waals surface area contributed by atoms with Gasteiger partial charge in [0.2, 0.25) is 5.91 Å². The number of primary amides is 1. The first-order chi connectivity index (χ1) is 10.6. The summed E-state index contributed by atoms with van der Waals surface area (Å²) in [6, 6.07) is 8.32. The number of methoxy groups -OCH3 is 1. The van der Waals surface area contributed by atoms with Gasteiger partial charge in [-0.25, -0.2) is 0 Å². The van der Waals surface area contributed by atoms with E-state index in [4.69, 9.17) is 10.5 Å². The van der Waals surface area contributed by atoms with Crippen molar-refractivity contribution in [2.24, 2.45) is 5.73 Å². The number of carbonyl (C=O) groups excluding carboxylic acids is 1. The maximum atomic E-state index is 11.5. The minimum Gasteiger partial charge on any atom is -0.496 e. The van der Waals surface area contributed by atoms with Crippen molar-refractivity contribution in [1.82, 2.24) is 9.80 Å². The summed E-state index contributed by atoms with van der Waals surface area (Å²) < 4.78 is 5.47. The fourth-order valence-electron chi connectivity index (χ4n) is 3.28. The van der Waals surface area contributed by atoms with Crippen LogP contribution < -0.4 is 10.5 Å². The highest BCUT2D eigenvalue weighted by Crippen LogP contribution is 2.29. The molecule has 2 N–H and O–H groups in total. The van der Waals surface area contributed by atoms with Gasteiger partial charge in [0.15, 0.2) is 0 Å². The number of benzene rings is 1. The van der Waals surface area contributed by atoms with Crippen molar-refractivity contribution in [3.8, 4) is 5.75 Å². The van der Waals surface area contributed by atoms with E-state index in [9.17, 15) is 4.79 Å². The van der Waals surface area contributed by atoms with Crippen LogP contribution in [0.3, 0.4) is 0 Å². The van der Waals surface area contributed by atoms with Gasteiger partial charge in [-0.1, -0.05) is 25.1 Å². The lowest BCUT2D eigenvalue weighted by Crippen LogP contribution is -2.54. The van der Waals surface area contributed by atoms with Crippen LogP contribution in [0.2, 0.25) is 0 Å². The molecule has 0 bridgehead atoms. The molecule has 1 fully saturated rings. The van der Waals surface area contributed by atoms with Crippen molar-refractivity contribution < 1.29 is 9.53 Å². The van der Waals surface area contributed by atoms with Gasteiger partial charge in [-0.05, 0) is 19.4 Å². The molecule has 0 radical (unpaired) electrons. The average Bonchev–Trinajstić information content (AvgIpc) is 2.55. The Kier molecular flexibility index (Phi) is 5.80. The van der Waals surface area contributed by atoms with Gasteiger partial charge in [0.1, 0.15) is 5.75 Å². The van der Waals surface area contributed by atoms with Crippen LogP contribution in [0.1, 0.15) is 31.9 Å². The molecule has 0 aromatic heterocycles. The number of rotatable bonds is 6. The molecule has 0 aliphatic carbocycles. The SMILES string of the molecule is CC[C@@H](C(N)=O)N1CCN([C@@H](C)c2ccccc2OC)CC1. The Labute approximate surface area is 133 Å². The number of nitrogens with zero attached hydrogens (tertiary/aromatic N) is 2. The molecule has 1 aliphatic heterocycles. The van der Waals surface area contributed by atoms with E-state index < -0.39 is 0 Å². The highest BCUT2D eigenvalue weighted by molar-refractivity contribution is 5.79. The van der Waals surface area contributed by atoms with Crippen LogP contribution in [0.15, 0.2) is 24.3 Å². The summed E-state index contributed by atoms with van der Waals surface area (Å²) >= 11 is 0. The van der Waals surface area contributed by atoms with Crippen LogP contribution in [-0.2, 0) is 4.79 Å². The molecular weight excluding hydrogens is 278 g/mol. The predicted octanol–water partition coefficient (Wildman–Crippen LogP) is 1.64. The molecule has 0 unspecified atom stereocenters. The van der Waals surface area contributed by atoms with E-state index in [0.29, 0.717) is 6.04 Å². The standard InChI is InChI=1S/C17H27N3O2/c1-4-15(17(18)21)20-11-9-19(10-12-20)13(2)14-7-5-6-8-16(14)22-3/h5-8,13,15H,4,9-12H2,1-3H3,(H2,18,21)/t13-,15-/m0/s1. The molecular formula is C17H27N3O2.